The zero-order chi connectivity index (χ0) is 15.5. The maximum atomic E-state index is 10.9. The van der Waals surface area contributed by atoms with E-state index in [4.69, 9.17) is 9.47 Å². The van der Waals surface area contributed by atoms with E-state index in [0.717, 1.165) is 36.5 Å². The maximum absolute atomic E-state index is 10.9. The van der Waals surface area contributed by atoms with Gasteiger partial charge in [0.25, 0.3) is 0 Å². The summed E-state index contributed by atoms with van der Waals surface area (Å²) in [6, 6.07) is 0. The van der Waals surface area contributed by atoms with Crippen LogP contribution in [0.25, 0.3) is 0 Å². The number of hydrogen-bond donors (Lipinski definition) is 2. The molecule has 130 valence electrons. The number of aliphatic hydroxyl groups is 2. The largest absolute Gasteiger partial charge is 0.368 e. The minimum atomic E-state index is -0.521. The van der Waals surface area contributed by atoms with Crippen molar-refractivity contribution in [3.05, 3.63) is 0 Å². The van der Waals surface area contributed by atoms with Crippen LogP contribution in [0.2, 0.25) is 0 Å². The van der Waals surface area contributed by atoms with Crippen molar-refractivity contribution in [3.63, 3.8) is 0 Å². The molecule has 8 fully saturated rings. The first kappa shape index (κ1) is 13.1. The quantitative estimate of drug-likeness (QED) is 0.706. The van der Waals surface area contributed by atoms with Gasteiger partial charge in [-0.2, -0.15) is 0 Å². The molecule has 0 amide bonds. The smallest absolute Gasteiger partial charge is 0.158 e. The summed E-state index contributed by atoms with van der Waals surface area (Å²) in [7, 11) is 0. The molecule has 4 heteroatoms. The first-order valence-electron chi connectivity index (χ1n) is 10.4. The van der Waals surface area contributed by atoms with Gasteiger partial charge in [0.1, 0.15) is 0 Å². The number of fused-ring (bicyclic) bond motifs is 4. The fourth-order valence-electron chi connectivity index (χ4n) is 10.9. The molecule has 2 aliphatic heterocycles. The van der Waals surface area contributed by atoms with Crippen molar-refractivity contribution >= 4 is 0 Å². The lowest BCUT2D eigenvalue weighted by molar-refractivity contribution is -0.238. The van der Waals surface area contributed by atoms with Crippen LogP contribution in [0.5, 0.6) is 0 Å². The zero-order valence-corrected chi connectivity index (χ0v) is 13.8. The highest BCUT2D eigenvalue weighted by Gasteiger charge is 2.81. The van der Waals surface area contributed by atoms with Gasteiger partial charge >= 0.3 is 0 Å². The molecule has 8 rings (SSSR count). The van der Waals surface area contributed by atoms with Gasteiger partial charge in [0.2, 0.25) is 0 Å². The summed E-state index contributed by atoms with van der Waals surface area (Å²) < 4.78 is 12.4. The molecular weight excluding hydrogens is 304 g/mol. The van der Waals surface area contributed by atoms with Gasteiger partial charge in [-0.25, -0.2) is 0 Å². The Morgan fingerprint density at radius 2 is 0.875 bits per heavy atom. The second-order valence-corrected chi connectivity index (χ2v) is 10.4. The van der Waals surface area contributed by atoms with Crippen LogP contribution in [0.4, 0.5) is 0 Å². The second kappa shape index (κ2) is 3.76. The van der Waals surface area contributed by atoms with Gasteiger partial charge in [0, 0.05) is 11.8 Å². The first-order valence-corrected chi connectivity index (χ1v) is 10.4. The summed E-state index contributed by atoms with van der Waals surface area (Å²) in [5.74, 6) is 7.76. The summed E-state index contributed by atoms with van der Waals surface area (Å²) in [5.41, 5.74) is 0. The summed E-state index contributed by atoms with van der Waals surface area (Å²) in [6.07, 6.45) is 4.29. The molecule has 6 saturated carbocycles. The van der Waals surface area contributed by atoms with Gasteiger partial charge in [-0.3, -0.25) is 0 Å². The van der Waals surface area contributed by atoms with E-state index in [9.17, 15) is 10.2 Å². The Hall–Kier alpha value is -0.160. The normalized spacial score (nSPS) is 78.2. The Kier molecular flexibility index (Phi) is 2.05. The lowest BCUT2D eigenvalue weighted by atomic mass is 9.70. The second-order valence-electron chi connectivity index (χ2n) is 10.4. The van der Waals surface area contributed by atoms with Crippen LogP contribution in [-0.2, 0) is 9.47 Å². The molecule has 0 bridgehead atoms. The number of ether oxygens (including phenoxy) is 2. The highest BCUT2D eigenvalue weighted by atomic mass is 16.6. The third kappa shape index (κ3) is 1.08. The van der Waals surface area contributed by atoms with Crippen molar-refractivity contribution in [2.24, 2.45) is 71.0 Å². The molecule has 0 aromatic rings. The third-order valence-corrected chi connectivity index (χ3v) is 10.6. The Balaban J connectivity index is 1.38. The lowest BCUT2D eigenvalue weighted by Crippen LogP contribution is -2.48. The van der Waals surface area contributed by atoms with Gasteiger partial charge in [-0.15, -0.1) is 0 Å². The average Bonchev–Trinajstić information content (AvgIpc) is 3.29. The van der Waals surface area contributed by atoms with E-state index in [0.29, 0.717) is 59.6 Å². The van der Waals surface area contributed by atoms with Crippen molar-refractivity contribution in [1.82, 2.24) is 0 Å². The molecule has 0 aromatic heterocycles. The number of hydrogen-bond acceptors (Lipinski definition) is 4. The summed E-state index contributed by atoms with van der Waals surface area (Å²) in [5, 5.41) is 21.9. The maximum Gasteiger partial charge on any atom is 0.158 e. The molecule has 2 saturated heterocycles. The molecule has 2 N–H and O–H groups in total. The Morgan fingerprint density at radius 1 is 0.458 bits per heavy atom. The van der Waals surface area contributed by atoms with Crippen LogP contribution in [-0.4, -0.2) is 35.0 Å². The summed E-state index contributed by atoms with van der Waals surface area (Å²) in [6.45, 7) is 0. The van der Waals surface area contributed by atoms with Gasteiger partial charge in [0.15, 0.2) is 12.6 Å². The molecule has 0 unspecified atom stereocenters. The summed E-state index contributed by atoms with van der Waals surface area (Å²) >= 11 is 0. The Labute approximate surface area is 141 Å². The standard InChI is InChI=1S/C20H26O4/c21-19-17-11-5-1-3-7-9(5)13-15(11)16-12(18(13)20(22)23-7)6-2-4-8(24-19)10(6)14(16)17/h5-22H,1-4H2/t5-,6-,7-,8-,9+,10+,11-,12+,13-,14+,15+,16-,17+,18+,19+,20+/m1/s1. The van der Waals surface area contributed by atoms with Crippen molar-refractivity contribution in [1.29, 1.82) is 0 Å². The van der Waals surface area contributed by atoms with Crippen LogP contribution in [0.15, 0.2) is 0 Å². The first-order chi connectivity index (χ1) is 11.8. The molecular formula is C20H26O4. The van der Waals surface area contributed by atoms with E-state index in [-0.39, 0.29) is 0 Å². The van der Waals surface area contributed by atoms with E-state index in [2.05, 4.69) is 0 Å². The molecule has 16 atom stereocenters. The average molecular weight is 330 g/mol. The molecule has 0 radical (unpaired) electrons. The fraction of sp³-hybridized carbons (Fsp3) is 1.00. The topological polar surface area (TPSA) is 58.9 Å². The molecule has 4 nitrogen and oxygen atoms in total. The van der Waals surface area contributed by atoms with Crippen LogP contribution in [0.1, 0.15) is 25.7 Å². The predicted octanol–water partition coefficient (Wildman–Crippen LogP) is 1.46. The SMILES string of the molecule is O[C@H]1O[C@@H]2CC[C@H]3[C@@H]4[C@@H]5[C@@H]6[C@H]([C@@H]7CC[C@H]8O[C@H](O)[C@@H]4[C@H]6[C@@H]78)[C@H]1[C@@H]5[C@@H]32. The van der Waals surface area contributed by atoms with Crippen LogP contribution in [0, 0.1) is 71.0 Å². The van der Waals surface area contributed by atoms with Gasteiger partial charge < -0.3 is 19.7 Å². The zero-order valence-electron chi connectivity index (χ0n) is 13.8. The molecule has 24 heavy (non-hydrogen) atoms. The molecule has 8 aliphatic rings. The van der Waals surface area contributed by atoms with Crippen molar-refractivity contribution < 1.29 is 19.7 Å². The third-order valence-electron chi connectivity index (χ3n) is 10.6. The molecule has 6 aliphatic carbocycles. The van der Waals surface area contributed by atoms with Crippen molar-refractivity contribution in [2.75, 3.05) is 0 Å². The highest BCUT2D eigenvalue weighted by Crippen LogP contribution is 2.82. The van der Waals surface area contributed by atoms with Gasteiger partial charge in [-0.1, -0.05) is 0 Å². The van der Waals surface area contributed by atoms with E-state index < -0.39 is 12.6 Å². The number of rotatable bonds is 0. The minimum absolute atomic E-state index is 0.294. The highest BCUT2D eigenvalue weighted by molar-refractivity contribution is 5.27. The minimum Gasteiger partial charge on any atom is -0.368 e. The van der Waals surface area contributed by atoms with E-state index >= 15 is 0 Å². The number of aliphatic hydroxyl groups excluding tert-OH is 2. The fourth-order valence-corrected chi connectivity index (χ4v) is 10.9. The molecule has 2 heterocycles. The van der Waals surface area contributed by atoms with Gasteiger partial charge in [-0.05, 0) is 84.9 Å². The predicted molar refractivity (Wildman–Crippen MR) is 82.1 cm³/mol. The Bertz CT molecular complexity index is 583. The lowest BCUT2D eigenvalue weighted by Gasteiger charge is -2.44. The van der Waals surface area contributed by atoms with Crippen molar-refractivity contribution in [2.45, 2.75) is 50.5 Å². The van der Waals surface area contributed by atoms with Gasteiger partial charge in [0.05, 0.1) is 12.2 Å². The molecule has 0 aromatic carbocycles. The van der Waals surface area contributed by atoms with Crippen LogP contribution < -0.4 is 0 Å². The summed E-state index contributed by atoms with van der Waals surface area (Å²) in [4.78, 5) is 0. The van der Waals surface area contributed by atoms with E-state index in [1.807, 2.05) is 0 Å². The van der Waals surface area contributed by atoms with Crippen molar-refractivity contribution in [3.8, 4) is 0 Å². The van der Waals surface area contributed by atoms with Crippen LogP contribution in [0.3, 0.4) is 0 Å². The monoisotopic (exact) mass is 330 g/mol. The van der Waals surface area contributed by atoms with E-state index in [1.54, 1.807) is 0 Å². The molecule has 0 spiro atoms. The van der Waals surface area contributed by atoms with E-state index in [1.165, 1.54) is 12.8 Å². The Morgan fingerprint density at radius 3 is 1.33 bits per heavy atom. The van der Waals surface area contributed by atoms with Crippen LogP contribution >= 0.6 is 0 Å².